The van der Waals surface area contributed by atoms with Crippen molar-refractivity contribution in [2.75, 3.05) is 18.6 Å². The molecule has 1 amide bonds. The number of hydrogen-bond acceptors (Lipinski definition) is 10. The third-order valence-corrected chi connectivity index (χ3v) is 7.21. The number of tetrazole rings is 1. The van der Waals surface area contributed by atoms with Crippen molar-refractivity contribution in [1.29, 1.82) is 0 Å². The molecule has 148 valence electrons. The number of rotatable bonds is 8. The molecule has 0 saturated carbocycles. The van der Waals surface area contributed by atoms with Gasteiger partial charge in [0.1, 0.15) is 17.1 Å². The van der Waals surface area contributed by atoms with Crippen LogP contribution in [0, 0.1) is 0 Å². The maximum atomic E-state index is 12.1. The lowest BCUT2D eigenvalue weighted by atomic mass is 10.0. The molecule has 1 unspecified atom stereocenters. The minimum absolute atomic E-state index is 0.0896. The van der Waals surface area contributed by atoms with Gasteiger partial charge in [-0.1, -0.05) is 11.8 Å². The van der Waals surface area contributed by atoms with Gasteiger partial charge in [0.2, 0.25) is 21.1 Å². The van der Waals surface area contributed by atoms with E-state index in [0.717, 1.165) is 18.0 Å². The Hall–Kier alpha value is -1.68. The summed E-state index contributed by atoms with van der Waals surface area (Å²) >= 11 is 2.53. The second-order valence-electron chi connectivity index (χ2n) is 5.87. The molecule has 5 N–H and O–H groups in total. The minimum Gasteiger partial charge on any atom is -0.477 e. The molecule has 2 aliphatic rings. The molecular weight excluding hydrogens is 418 g/mol. The van der Waals surface area contributed by atoms with Crippen LogP contribution in [-0.4, -0.2) is 86.1 Å². The average molecular weight is 436 g/mol. The Morgan fingerprint density at radius 2 is 2.33 bits per heavy atom. The van der Waals surface area contributed by atoms with Crippen molar-refractivity contribution < 1.29 is 23.1 Å². The largest absolute Gasteiger partial charge is 0.477 e. The first-order valence-corrected chi connectivity index (χ1v) is 11.5. The Balaban J connectivity index is 1.90. The maximum absolute atomic E-state index is 12.1. The van der Waals surface area contributed by atoms with Gasteiger partial charge in [0.15, 0.2) is 0 Å². The molecule has 0 radical (unpaired) electrons. The first kappa shape index (κ1) is 20.1. The van der Waals surface area contributed by atoms with Gasteiger partial charge in [-0.2, -0.15) is 5.21 Å². The fourth-order valence-corrected chi connectivity index (χ4v) is 5.77. The Morgan fingerprint density at radius 3 is 2.93 bits per heavy atom. The van der Waals surface area contributed by atoms with Crippen LogP contribution >= 0.6 is 23.5 Å². The molecule has 0 aliphatic carbocycles. The Kier molecular flexibility index (Phi) is 5.76. The number of sulfonamides is 1. The molecule has 27 heavy (non-hydrogen) atoms. The quantitative estimate of drug-likeness (QED) is 0.266. The van der Waals surface area contributed by atoms with Gasteiger partial charge in [0.05, 0.1) is 6.26 Å². The number of nitrogens with zero attached hydrogens (tertiary/aromatic N) is 4. The molecule has 1 fully saturated rings. The molecule has 1 aromatic rings. The lowest BCUT2D eigenvalue weighted by Gasteiger charge is -2.48. The smallest absolute Gasteiger partial charge is 0.352 e. The molecule has 15 heteroatoms. The van der Waals surface area contributed by atoms with Crippen LogP contribution in [0.5, 0.6) is 0 Å². The number of carboxylic acids is 1. The van der Waals surface area contributed by atoms with Crippen molar-refractivity contribution in [3.63, 3.8) is 0 Å². The number of aliphatic carboxylic acids is 1. The molecule has 0 aromatic carbocycles. The maximum Gasteiger partial charge on any atom is 0.352 e. The summed E-state index contributed by atoms with van der Waals surface area (Å²) in [5.41, 5.74) is 6.15. The highest BCUT2D eigenvalue weighted by Gasteiger charge is 2.52. The van der Waals surface area contributed by atoms with E-state index in [1.54, 1.807) is 0 Å². The van der Waals surface area contributed by atoms with Crippen LogP contribution in [0.2, 0.25) is 0 Å². The lowest BCUT2D eigenvalue weighted by Crippen LogP contribution is -2.68. The van der Waals surface area contributed by atoms with E-state index < -0.39 is 38.6 Å². The standard InChI is InChI=1S/C12H17N7O5S3/c1-27(23,24)14-3-2-6(26-12-15-17-18-16-12)5-4-25-10-7(13)9(20)19(10)8(5)11(21)22/h6-7,10,14H,2-4,13H2,1H3,(H,21,22)(H,15,16,17,18)/t6?,7-,10-/m1/s1. The van der Waals surface area contributed by atoms with E-state index in [1.807, 2.05) is 0 Å². The Morgan fingerprint density at radius 1 is 1.59 bits per heavy atom. The number of carboxylic acid groups (broad SMARTS) is 1. The summed E-state index contributed by atoms with van der Waals surface area (Å²) in [5.74, 6) is -1.33. The van der Waals surface area contributed by atoms with Crippen molar-refractivity contribution in [1.82, 2.24) is 30.2 Å². The van der Waals surface area contributed by atoms with Crippen LogP contribution in [0.4, 0.5) is 0 Å². The van der Waals surface area contributed by atoms with E-state index in [-0.39, 0.29) is 23.8 Å². The van der Waals surface area contributed by atoms with Crippen LogP contribution in [0.15, 0.2) is 16.4 Å². The van der Waals surface area contributed by atoms with Gasteiger partial charge in [-0.25, -0.2) is 17.9 Å². The van der Waals surface area contributed by atoms with Crippen molar-refractivity contribution in [2.24, 2.45) is 5.73 Å². The number of thioether (sulfide) groups is 2. The predicted octanol–water partition coefficient (Wildman–Crippen LogP) is -1.82. The number of carbonyl (C=O) groups excluding carboxylic acids is 1. The number of nitrogens with one attached hydrogen (secondary N) is 2. The third-order valence-electron chi connectivity index (χ3n) is 3.97. The summed E-state index contributed by atoms with van der Waals surface area (Å²) in [6.07, 6.45) is 1.31. The fourth-order valence-electron chi connectivity index (χ4n) is 2.80. The van der Waals surface area contributed by atoms with E-state index in [2.05, 4.69) is 25.3 Å². The summed E-state index contributed by atoms with van der Waals surface area (Å²) < 4.78 is 25.0. The van der Waals surface area contributed by atoms with E-state index in [0.29, 0.717) is 11.3 Å². The Labute approximate surface area is 162 Å². The summed E-state index contributed by atoms with van der Waals surface area (Å²) in [5, 5.41) is 22.6. The lowest BCUT2D eigenvalue weighted by molar-refractivity contribution is -0.148. The van der Waals surface area contributed by atoms with Crippen LogP contribution < -0.4 is 10.5 Å². The van der Waals surface area contributed by atoms with E-state index in [1.165, 1.54) is 16.7 Å². The number of nitrogens with two attached hydrogens (primary N) is 1. The highest BCUT2D eigenvalue weighted by atomic mass is 32.2. The summed E-state index contributed by atoms with van der Waals surface area (Å²) in [7, 11) is -3.39. The zero-order chi connectivity index (χ0) is 19.8. The number of β-lactam (4-membered cyclic amide) rings is 1. The molecule has 3 rings (SSSR count). The predicted molar refractivity (Wildman–Crippen MR) is 97.0 cm³/mol. The number of carbonyl (C=O) groups is 2. The van der Waals surface area contributed by atoms with Crippen LogP contribution in [0.25, 0.3) is 0 Å². The Bertz CT molecular complexity index is 872. The molecule has 2 aliphatic heterocycles. The molecule has 1 saturated heterocycles. The van der Waals surface area contributed by atoms with Crippen LogP contribution in [-0.2, 0) is 19.6 Å². The zero-order valence-electron chi connectivity index (χ0n) is 14.0. The second kappa shape index (κ2) is 7.75. The number of H-pyrrole nitrogens is 1. The van der Waals surface area contributed by atoms with Gasteiger partial charge in [-0.15, -0.1) is 22.0 Å². The van der Waals surface area contributed by atoms with Gasteiger partial charge in [0.25, 0.3) is 0 Å². The third kappa shape index (κ3) is 4.26. The second-order valence-corrected chi connectivity index (χ2v) is 9.98. The number of aromatic amines is 1. The SMILES string of the molecule is CS(=O)(=O)NCCC(Sc1nn[nH]n1)C1=C(C(=O)O)N2C(=O)[C@@H](N)[C@H]2SC1. The minimum atomic E-state index is -3.39. The van der Waals surface area contributed by atoms with E-state index in [4.69, 9.17) is 5.73 Å². The first-order valence-electron chi connectivity index (χ1n) is 7.70. The molecule has 0 bridgehead atoms. The van der Waals surface area contributed by atoms with Crippen molar-refractivity contribution in [3.05, 3.63) is 11.3 Å². The zero-order valence-corrected chi connectivity index (χ0v) is 16.5. The molecule has 0 spiro atoms. The highest BCUT2D eigenvalue weighted by molar-refractivity contribution is 8.01. The van der Waals surface area contributed by atoms with Crippen LogP contribution in [0.1, 0.15) is 6.42 Å². The van der Waals surface area contributed by atoms with E-state index in [9.17, 15) is 23.1 Å². The number of hydrogen-bond donors (Lipinski definition) is 4. The summed E-state index contributed by atoms with van der Waals surface area (Å²) in [4.78, 5) is 25.2. The van der Waals surface area contributed by atoms with Gasteiger partial charge in [-0.3, -0.25) is 9.69 Å². The fraction of sp³-hybridized carbons (Fsp3) is 0.583. The van der Waals surface area contributed by atoms with Gasteiger partial charge >= 0.3 is 5.97 Å². The molecule has 1 aromatic heterocycles. The summed E-state index contributed by atoms with van der Waals surface area (Å²) in [6.45, 7) is 0.0896. The molecule has 3 heterocycles. The van der Waals surface area contributed by atoms with Gasteiger partial charge in [0, 0.05) is 17.5 Å². The van der Waals surface area contributed by atoms with E-state index >= 15 is 0 Å². The van der Waals surface area contributed by atoms with Crippen molar-refractivity contribution >= 4 is 45.4 Å². The topological polar surface area (TPSA) is 184 Å². The number of fused-ring (bicyclic) bond motifs is 1. The van der Waals surface area contributed by atoms with Gasteiger partial charge < -0.3 is 10.8 Å². The van der Waals surface area contributed by atoms with Crippen molar-refractivity contribution in [2.45, 2.75) is 28.2 Å². The summed E-state index contributed by atoms with van der Waals surface area (Å²) in [6, 6.07) is -0.721. The molecule has 12 nitrogen and oxygen atoms in total. The number of aromatic nitrogens is 4. The number of amides is 1. The molecule has 3 atom stereocenters. The van der Waals surface area contributed by atoms with Crippen LogP contribution in [0.3, 0.4) is 0 Å². The average Bonchev–Trinajstić information content (AvgIpc) is 3.10. The first-order chi connectivity index (χ1) is 12.7. The molecular formula is C12H17N7O5S3. The normalized spacial score (nSPS) is 23.8. The monoisotopic (exact) mass is 435 g/mol. The van der Waals surface area contributed by atoms with Gasteiger partial charge in [-0.05, 0) is 17.2 Å². The van der Waals surface area contributed by atoms with Crippen molar-refractivity contribution in [3.8, 4) is 0 Å². The highest BCUT2D eigenvalue weighted by Crippen LogP contribution is 2.43.